The second-order valence-corrected chi connectivity index (χ2v) is 6.12. The molecule has 0 saturated heterocycles. The van der Waals surface area contributed by atoms with Gasteiger partial charge in [-0.1, -0.05) is 0 Å². The van der Waals surface area contributed by atoms with Gasteiger partial charge >= 0.3 is 5.97 Å². The molecule has 1 rings (SSSR count). The molecule has 0 aliphatic heterocycles. The number of halogens is 2. The number of hydrogen-bond donors (Lipinski definition) is 1. The van der Waals surface area contributed by atoms with Gasteiger partial charge in [-0.15, -0.1) is 0 Å². The lowest BCUT2D eigenvalue weighted by molar-refractivity contribution is 0.0467. The smallest absolute Gasteiger partial charge is 0.338 e. The van der Waals surface area contributed by atoms with Crippen LogP contribution in [0.15, 0.2) is 21.5 Å². The molecule has 0 aliphatic rings. The Kier molecular flexibility index (Phi) is 6.06. The van der Waals surface area contributed by atoms with E-state index in [1.807, 2.05) is 0 Å². The Balaban J connectivity index is 2.97. The van der Waals surface area contributed by atoms with Crippen LogP contribution in [0.3, 0.4) is 0 Å². The fourth-order valence-corrected chi connectivity index (χ4v) is 2.88. The van der Waals surface area contributed by atoms with Crippen LogP contribution in [0.2, 0.25) is 0 Å². The second-order valence-electron chi connectivity index (χ2n) is 3.80. The van der Waals surface area contributed by atoms with E-state index in [-0.39, 0.29) is 16.6 Å². The SMILES string of the molecule is COCCCOC(=O)c1cc(F)c(Br)c(S(N)(=O)=O)c1. The number of benzene rings is 1. The zero-order valence-corrected chi connectivity index (χ0v) is 13.0. The van der Waals surface area contributed by atoms with Crippen LogP contribution < -0.4 is 5.14 Å². The van der Waals surface area contributed by atoms with Crippen molar-refractivity contribution < 1.29 is 27.1 Å². The molecule has 6 nitrogen and oxygen atoms in total. The van der Waals surface area contributed by atoms with E-state index in [0.29, 0.717) is 13.0 Å². The molecule has 0 atom stereocenters. The normalized spacial score (nSPS) is 11.4. The predicted molar refractivity (Wildman–Crippen MR) is 72.2 cm³/mol. The molecular formula is C11H13BrFNO5S. The molecule has 112 valence electrons. The zero-order chi connectivity index (χ0) is 15.3. The van der Waals surface area contributed by atoms with E-state index in [4.69, 9.17) is 14.6 Å². The topological polar surface area (TPSA) is 95.7 Å². The first kappa shape index (κ1) is 17.0. The molecule has 0 aliphatic carbocycles. The van der Waals surface area contributed by atoms with Crippen LogP contribution in [0.1, 0.15) is 16.8 Å². The molecule has 2 N–H and O–H groups in total. The van der Waals surface area contributed by atoms with Gasteiger partial charge in [0.05, 0.1) is 21.5 Å². The van der Waals surface area contributed by atoms with Crippen LogP contribution in [0.4, 0.5) is 4.39 Å². The Morgan fingerprint density at radius 3 is 2.60 bits per heavy atom. The Morgan fingerprint density at radius 1 is 1.40 bits per heavy atom. The maximum Gasteiger partial charge on any atom is 0.338 e. The first-order chi connectivity index (χ1) is 9.27. The molecule has 0 aromatic heterocycles. The quantitative estimate of drug-likeness (QED) is 0.604. The number of methoxy groups -OCH3 is 1. The molecule has 1 aromatic rings. The Hall–Kier alpha value is -1.03. The van der Waals surface area contributed by atoms with Crippen molar-refractivity contribution in [2.45, 2.75) is 11.3 Å². The van der Waals surface area contributed by atoms with Gasteiger partial charge in [-0.2, -0.15) is 0 Å². The number of carbonyl (C=O) groups excluding carboxylic acids is 1. The van der Waals surface area contributed by atoms with Crippen LogP contribution in [0, 0.1) is 5.82 Å². The van der Waals surface area contributed by atoms with Gasteiger partial charge in [0.25, 0.3) is 0 Å². The first-order valence-corrected chi connectivity index (χ1v) is 7.79. The standard InChI is InChI=1S/C11H13BrFNO5S/c1-18-3-2-4-19-11(15)7-5-8(13)10(12)9(6-7)20(14,16)17/h5-6H,2-4H2,1H3,(H2,14,16,17). The molecule has 0 heterocycles. The van der Waals surface area contributed by atoms with Gasteiger partial charge < -0.3 is 9.47 Å². The van der Waals surface area contributed by atoms with E-state index in [1.54, 1.807) is 0 Å². The second kappa shape index (κ2) is 7.11. The molecule has 0 amide bonds. The van der Waals surface area contributed by atoms with Crippen LogP contribution in [0.25, 0.3) is 0 Å². The van der Waals surface area contributed by atoms with E-state index in [1.165, 1.54) is 7.11 Å². The fourth-order valence-electron chi connectivity index (χ4n) is 1.34. The minimum absolute atomic E-state index is 0.0784. The average molecular weight is 370 g/mol. The van der Waals surface area contributed by atoms with Crippen LogP contribution >= 0.6 is 15.9 Å². The molecular weight excluding hydrogens is 357 g/mol. The summed E-state index contributed by atoms with van der Waals surface area (Å²) in [5.74, 6) is -1.75. The molecule has 0 spiro atoms. The Bertz CT molecular complexity index is 605. The molecule has 9 heteroatoms. The Morgan fingerprint density at radius 2 is 2.05 bits per heavy atom. The van der Waals surface area contributed by atoms with Crippen molar-refractivity contribution in [2.24, 2.45) is 5.14 Å². The molecule has 20 heavy (non-hydrogen) atoms. The molecule has 0 radical (unpaired) electrons. The van der Waals surface area contributed by atoms with Gasteiger partial charge in [0.2, 0.25) is 10.0 Å². The van der Waals surface area contributed by atoms with Crippen molar-refractivity contribution in [3.05, 3.63) is 28.0 Å². The van der Waals surface area contributed by atoms with E-state index >= 15 is 0 Å². The maximum absolute atomic E-state index is 13.6. The summed E-state index contributed by atoms with van der Waals surface area (Å²) in [4.78, 5) is 11.2. The molecule has 1 aromatic carbocycles. The lowest BCUT2D eigenvalue weighted by Crippen LogP contribution is -2.16. The minimum Gasteiger partial charge on any atom is -0.462 e. The summed E-state index contributed by atoms with van der Waals surface area (Å²) in [7, 11) is -2.65. The zero-order valence-electron chi connectivity index (χ0n) is 10.6. The van der Waals surface area contributed by atoms with E-state index in [9.17, 15) is 17.6 Å². The predicted octanol–water partition coefficient (Wildman–Crippen LogP) is 1.43. The van der Waals surface area contributed by atoms with E-state index < -0.39 is 26.7 Å². The van der Waals surface area contributed by atoms with Crippen molar-refractivity contribution in [1.82, 2.24) is 0 Å². The summed E-state index contributed by atoms with van der Waals surface area (Å²) in [5, 5.41) is 4.94. The number of sulfonamides is 1. The molecule has 0 saturated carbocycles. The summed E-state index contributed by atoms with van der Waals surface area (Å²) in [6.07, 6.45) is 0.475. The third-order valence-electron chi connectivity index (χ3n) is 2.26. The van der Waals surface area contributed by atoms with Crippen LogP contribution in [-0.4, -0.2) is 34.7 Å². The first-order valence-electron chi connectivity index (χ1n) is 5.45. The summed E-state index contributed by atoms with van der Waals surface area (Å²) < 4.78 is 45.5. The highest BCUT2D eigenvalue weighted by Gasteiger charge is 2.20. The highest BCUT2D eigenvalue weighted by molar-refractivity contribution is 9.10. The maximum atomic E-state index is 13.6. The van der Waals surface area contributed by atoms with E-state index in [2.05, 4.69) is 15.9 Å². The number of hydrogen-bond acceptors (Lipinski definition) is 5. The van der Waals surface area contributed by atoms with Gasteiger partial charge in [0, 0.05) is 20.1 Å². The molecule has 0 bridgehead atoms. The van der Waals surface area contributed by atoms with Crippen molar-refractivity contribution in [3.8, 4) is 0 Å². The molecule has 0 fully saturated rings. The largest absolute Gasteiger partial charge is 0.462 e. The van der Waals surface area contributed by atoms with Crippen LogP contribution in [-0.2, 0) is 19.5 Å². The summed E-state index contributed by atoms with van der Waals surface area (Å²) in [6, 6.07) is 1.83. The number of primary sulfonamides is 1. The van der Waals surface area contributed by atoms with Crippen molar-refractivity contribution in [3.63, 3.8) is 0 Å². The van der Waals surface area contributed by atoms with Gasteiger partial charge in [-0.05, 0) is 28.1 Å². The lowest BCUT2D eigenvalue weighted by atomic mass is 10.2. The van der Waals surface area contributed by atoms with Crippen molar-refractivity contribution in [1.29, 1.82) is 0 Å². The lowest BCUT2D eigenvalue weighted by Gasteiger charge is -2.08. The number of rotatable bonds is 6. The van der Waals surface area contributed by atoms with Crippen LogP contribution in [0.5, 0.6) is 0 Å². The number of nitrogens with two attached hydrogens (primary N) is 1. The van der Waals surface area contributed by atoms with E-state index in [0.717, 1.165) is 12.1 Å². The van der Waals surface area contributed by atoms with Gasteiger partial charge in [0.1, 0.15) is 5.82 Å². The van der Waals surface area contributed by atoms with Crippen molar-refractivity contribution in [2.75, 3.05) is 20.3 Å². The fraction of sp³-hybridized carbons (Fsp3) is 0.364. The van der Waals surface area contributed by atoms with Gasteiger partial charge in [-0.3, -0.25) is 0 Å². The monoisotopic (exact) mass is 369 g/mol. The van der Waals surface area contributed by atoms with Gasteiger partial charge in [-0.25, -0.2) is 22.7 Å². The number of carbonyl (C=O) groups is 1. The average Bonchev–Trinajstić information content (AvgIpc) is 2.36. The third kappa shape index (κ3) is 4.51. The molecule has 0 unspecified atom stereocenters. The summed E-state index contributed by atoms with van der Waals surface area (Å²) in [5.41, 5.74) is -0.229. The highest BCUT2D eigenvalue weighted by atomic mass is 79.9. The number of ether oxygens (including phenoxy) is 2. The Labute approximate surface area is 124 Å². The number of esters is 1. The third-order valence-corrected chi connectivity index (χ3v) is 4.27. The minimum atomic E-state index is -4.16. The summed E-state index contributed by atoms with van der Waals surface area (Å²) >= 11 is 2.77. The summed E-state index contributed by atoms with van der Waals surface area (Å²) in [6.45, 7) is 0.486. The van der Waals surface area contributed by atoms with Gasteiger partial charge in [0.15, 0.2) is 0 Å². The van der Waals surface area contributed by atoms with Crippen molar-refractivity contribution >= 4 is 31.9 Å². The highest BCUT2D eigenvalue weighted by Crippen LogP contribution is 2.26.